The monoisotopic (exact) mass is 369 g/mol. The van der Waals surface area contributed by atoms with Crippen molar-refractivity contribution in [3.8, 4) is 11.4 Å². The molecule has 0 spiro atoms. The Kier molecular flexibility index (Phi) is 4.72. The summed E-state index contributed by atoms with van der Waals surface area (Å²) in [6.07, 6.45) is 5.31. The van der Waals surface area contributed by atoms with E-state index in [1.807, 2.05) is 73.7 Å². The largest absolute Gasteiger partial charge is 0.497 e. The molecule has 0 aliphatic heterocycles. The summed E-state index contributed by atoms with van der Waals surface area (Å²) in [5.41, 5.74) is 3.56. The van der Waals surface area contributed by atoms with Crippen molar-refractivity contribution in [2.45, 2.75) is 6.92 Å². The van der Waals surface area contributed by atoms with Crippen LogP contribution in [0.2, 0.25) is 0 Å². The quantitative estimate of drug-likeness (QED) is 0.537. The van der Waals surface area contributed by atoms with Crippen LogP contribution in [0.5, 0.6) is 5.75 Å². The molecule has 0 saturated carbocycles. The number of aromatic nitrogens is 3. The number of fused-ring (bicyclic) bond motifs is 1. The van der Waals surface area contributed by atoms with Crippen molar-refractivity contribution in [1.82, 2.24) is 14.5 Å². The molecule has 0 fully saturated rings. The van der Waals surface area contributed by atoms with Crippen LogP contribution in [0, 0.1) is 0 Å². The lowest BCUT2D eigenvalue weighted by Crippen LogP contribution is -2.21. The standard InChI is InChI=1S/C23H19N3O2/c1-16(21-7-3-4-12-24-21)14-18-15-17-6-5-13-25-22(17)26(23(18)27)19-8-10-20(28-2)11-9-19/h3-15H,1-2H3. The molecule has 0 radical (unpaired) electrons. The van der Waals surface area contributed by atoms with Gasteiger partial charge in [-0.2, -0.15) is 0 Å². The van der Waals surface area contributed by atoms with Crippen molar-refractivity contribution < 1.29 is 4.74 Å². The first-order chi connectivity index (χ1) is 13.7. The van der Waals surface area contributed by atoms with E-state index in [0.29, 0.717) is 11.2 Å². The van der Waals surface area contributed by atoms with Crippen LogP contribution in [0.4, 0.5) is 0 Å². The van der Waals surface area contributed by atoms with Gasteiger partial charge in [0, 0.05) is 23.3 Å². The lowest BCUT2D eigenvalue weighted by molar-refractivity contribution is 0.414. The third-order valence-electron chi connectivity index (χ3n) is 4.56. The number of benzene rings is 1. The van der Waals surface area contributed by atoms with E-state index in [-0.39, 0.29) is 5.56 Å². The first-order valence-corrected chi connectivity index (χ1v) is 8.92. The Labute approximate surface area is 162 Å². The van der Waals surface area contributed by atoms with Crippen LogP contribution < -0.4 is 10.3 Å². The summed E-state index contributed by atoms with van der Waals surface area (Å²) in [6, 6.07) is 18.8. The summed E-state index contributed by atoms with van der Waals surface area (Å²) in [7, 11) is 1.62. The van der Waals surface area contributed by atoms with Crippen LogP contribution in [0.15, 0.2) is 77.9 Å². The minimum atomic E-state index is -0.133. The van der Waals surface area contributed by atoms with E-state index in [9.17, 15) is 4.79 Å². The number of rotatable bonds is 4. The van der Waals surface area contributed by atoms with Gasteiger partial charge < -0.3 is 4.74 Å². The van der Waals surface area contributed by atoms with Gasteiger partial charge in [-0.3, -0.25) is 14.3 Å². The van der Waals surface area contributed by atoms with Gasteiger partial charge in [0.15, 0.2) is 0 Å². The predicted octanol–water partition coefficient (Wildman–Crippen LogP) is 4.35. The van der Waals surface area contributed by atoms with Gasteiger partial charge in [0.25, 0.3) is 5.56 Å². The summed E-state index contributed by atoms with van der Waals surface area (Å²) < 4.78 is 6.86. The molecule has 0 amide bonds. The van der Waals surface area contributed by atoms with Crippen LogP contribution >= 0.6 is 0 Å². The number of pyridine rings is 3. The maximum absolute atomic E-state index is 13.3. The summed E-state index contributed by atoms with van der Waals surface area (Å²) in [5.74, 6) is 0.733. The van der Waals surface area contributed by atoms with Crippen molar-refractivity contribution >= 4 is 22.7 Å². The van der Waals surface area contributed by atoms with Crippen LogP contribution in [0.1, 0.15) is 18.2 Å². The van der Waals surface area contributed by atoms with Gasteiger partial charge in [0.2, 0.25) is 0 Å². The van der Waals surface area contributed by atoms with E-state index < -0.39 is 0 Å². The van der Waals surface area contributed by atoms with E-state index in [0.717, 1.165) is 28.1 Å². The third-order valence-corrected chi connectivity index (χ3v) is 4.56. The summed E-state index contributed by atoms with van der Waals surface area (Å²) in [6.45, 7) is 1.95. The highest BCUT2D eigenvalue weighted by molar-refractivity contribution is 5.84. The number of methoxy groups -OCH3 is 1. The predicted molar refractivity (Wildman–Crippen MR) is 112 cm³/mol. The highest BCUT2D eigenvalue weighted by atomic mass is 16.5. The molecular weight excluding hydrogens is 350 g/mol. The fourth-order valence-corrected chi connectivity index (χ4v) is 3.14. The summed E-state index contributed by atoms with van der Waals surface area (Å²) in [5, 5.41) is 0.887. The Morgan fingerprint density at radius 1 is 1.00 bits per heavy atom. The molecule has 0 aliphatic carbocycles. The van der Waals surface area contributed by atoms with Gasteiger partial charge in [-0.1, -0.05) is 6.07 Å². The minimum absolute atomic E-state index is 0.133. The smallest absolute Gasteiger partial charge is 0.264 e. The molecule has 0 saturated heterocycles. The van der Waals surface area contributed by atoms with Gasteiger partial charge in [0.05, 0.1) is 18.5 Å². The fourth-order valence-electron chi connectivity index (χ4n) is 3.14. The summed E-state index contributed by atoms with van der Waals surface area (Å²) >= 11 is 0. The lowest BCUT2D eigenvalue weighted by Gasteiger charge is -2.12. The number of allylic oxidation sites excluding steroid dienone is 1. The molecule has 0 atom stereocenters. The maximum atomic E-state index is 13.3. The van der Waals surface area contributed by atoms with Crippen molar-refractivity contribution in [3.63, 3.8) is 0 Å². The normalized spacial score (nSPS) is 11.6. The average molecular weight is 369 g/mol. The molecule has 1 aromatic carbocycles. The van der Waals surface area contributed by atoms with Crippen LogP contribution in [-0.4, -0.2) is 21.6 Å². The first-order valence-electron chi connectivity index (χ1n) is 8.92. The second-order valence-electron chi connectivity index (χ2n) is 6.40. The van der Waals surface area contributed by atoms with Crippen molar-refractivity contribution in [2.75, 3.05) is 7.11 Å². The van der Waals surface area contributed by atoms with Gasteiger partial charge in [-0.05, 0) is 73.2 Å². The Balaban J connectivity index is 1.94. The average Bonchev–Trinajstić information content (AvgIpc) is 2.75. The van der Waals surface area contributed by atoms with Gasteiger partial charge in [0.1, 0.15) is 11.4 Å². The number of hydrogen-bond acceptors (Lipinski definition) is 4. The van der Waals surface area contributed by atoms with Crippen LogP contribution in [-0.2, 0) is 0 Å². The number of hydrogen-bond donors (Lipinski definition) is 0. The molecule has 0 bridgehead atoms. The van der Waals surface area contributed by atoms with Gasteiger partial charge in [-0.15, -0.1) is 0 Å². The Bertz CT molecular complexity index is 1210. The zero-order valence-corrected chi connectivity index (χ0v) is 15.7. The lowest BCUT2D eigenvalue weighted by atomic mass is 10.1. The molecule has 0 N–H and O–H groups in total. The number of ether oxygens (including phenoxy) is 1. The molecule has 4 aromatic rings. The highest BCUT2D eigenvalue weighted by Gasteiger charge is 2.11. The second kappa shape index (κ2) is 7.48. The van der Waals surface area contributed by atoms with E-state index in [1.165, 1.54) is 0 Å². The van der Waals surface area contributed by atoms with Gasteiger partial charge >= 0.3 is 0 Å². The molecule has 138 valence electrons. The Morgan fingerprint density at radius 3 is 2.50 bits per heavy atom. The molecule has 3 heterocycles. The molecule has 0 unspecified atom stereocenters. The maximum Gasteiger partial charge on any atom is 0.264 e. The summed E-state index contributed by atoms with van der Waals surface area (Å²) in [4.78, 5) is 22.1. The van der Waals surface area contributed by atoms with Crippen LogP contribution in [0.25, 0.3) is 28.4 Å². The first kappa shape index (κ1) is 17.7. The minimum Gasteiger partial charge on any atom is -0.497 e. The van der Waals surface area contributed by atoms with E-state index >= 15 is 0 Å². The molecule has 5 heteroatoms. The van der Waals surface area contributed by atoms with E-state index in [1.54, 1.807) is 24.1 Å². The Hall–Kier alpha value is -3.73. The topological polar surface area (TPSA) is 57.0 Å². The van der Waals surface area contributed by atoms with E-state index in [4.69, 9.17) is 4.74 Å². The molecule has 5 nitrogen and oxygen atoms in total. The zero-order valence-electron chi connectivity index (χ0n) is 15.7. The highest BCUT2D eigenvalue weighted by Crippen LogP contribution is 2.21. The zero-order chi connectivity index (χ0) is 19.5. The van der Waals surface area contributed by atoms with Crippen molar-refractivity contribution in [3.05, 3.63) is 94.7 Å². The van der Waals surface area contributed by atoms with Crippen molar-refractivity contribution in [1.29, 1.82) is 0 Å². The second-order valence-corrected chi connectivity index (χ2v) is 6.40. The van der Waals surface area contributed by atoms with E-state index in [2.05, 4.69) is 9.97 Å². The number of nitrogens with zero attached hydrogens (tertiary/aromatic N) is 3. The van der Waals surface area contributed by atoms with Crippen LogP contribution in [0.3, 0.4) is 0 Å². The molecule has 3 aromatic heterocycles. The molecule has 28 heavy (non-hydrogen) atoms. The molecular formula is C23H19N3O2. The fraction of sp³-hybridized carbons (Fsp3) is 0.0870. The molecule has 0 aliphatic rings. The van der Waals surface area contributed by atoms with Gasteiger partial charge in [-0.25, -0.2) is 4.98 Å². The Morgan fingerprint density at radius 2 is 1.79 bits per heavy atom. The van der Waals surface area contributed by atoms with Crippen molar-refractivity contribution in [2.24, 2.45) is 0 Å². The third kappa shape index (κ3) is 3.30. The molecule has 4 rings (SSSR count). The SMILES string of the molecule is COc1ccc(-n2c(=O)c(C=C(C)c3ccccn3)cc3cccnc32)cc1.